The SMILES string of the molecule is CC[C@H](N[S@@](=O)c1c(C(C)C)cc(C(C)C)cc1C(C)C)[C@H](C)C(=O)N(C)OC. The number of carbonyl (C=O) groups excluding carboxylic acids is 1. The molecule has 1 aromatic carbocycles. The van der Waals surface area contributed by atoms with E-state index in [1.54, 1.807) is 7.05 Å². The summed E-state index contributed by atoms with van der Waals surface area (Å²) in [6.07, 6.45) is 0.689. The fraction of sp³-hybridized carbons (Fsp3) is 0.696. The Morgan fingerprint density at radius 1 is 1.03 bits per heavy atom. The molecule has 1 N–H and O–H groups in total. The van der Waals surface area contributed by atoms with Gasteiger partial charge in [0.1, 0.15) is 11.0 Å². The number of nitrogens with one attached hydrogen (secondary N) is 1. The van der Waals surface area contributed by atoms with Crippen LogP contribution in [0.25, 0.3) is 0 Å². The fourth-order valence-corrected chi connectivity index (χ4v) is 5.17. The van der Waals surface area contributed by atoms with Crippen LogP contribution >= 0.6 is 0 Å². The molecule has 0 aliphatic rings. The van der Waals surface area contributed by atoms with E-state index >= 15 is 0 Å². The number of carbonyl (C=O) groups is 1. The number of hydroxylamine groups is 2. The highest BCUT2D eigenvalue weighted by Crippen LogP contribution is 2.34. The highest BCUT2D eigenvalue weighted by Gasteiger charge is 2.29. The largest absolute Gasteiger partial charge is 0.275 e. The van der Waals surface area contributed by atoms with Crippen LogP contribution in [0, 0.1) is 5.92 Å². The van der Waals surface area contributed by atoms with Crippen LogP contribution in [-0.4, -0.2) is 35.4 Å². The van der Waals surface area contributed by atoms with Gasteiger partial charge in [-0.1, -0.05) is 67.5 Å². The highest BCUT2D eigenvalue weighted by atomic mass is 32.2. The van der Waals surface area contributed by atoms with Gasteiger partial charge in [-0.25, -0.2) is 14.0 Å². The van der Waals surface area contributed by atoms with Gasteiger partial charge in [-0.05, 0) is 40.9 Å². The van der Waals surface area contributed by atoms with Crippen molar-refractivity contribution in [3.63, 3.8) is 0 Å². The molecule has 0 aliphatic heterocycles. The first-order valence-electron chi connectivity index (χ1n) is 10.6. The quantitative estimate of drug-likeness (QED) is 0.531. The molecular weight excluding hydrogens is 384 g/mol. The number of nitrogens with zero attached hydrogens (tertiary/aromatic N) is 1. The zero-order valence-electron chi connectivity index (χ0n) is 19.8. The molecule has 5 nitrogen and oxygen atoms in total. The van der Waals surface area contributed by atoms with Crippen molar-refractivity contribution in [1.82, 2.24) is 9.79 Å². The van der Waals surface area contributed by atoms with E-state index < -0.39 is 11.0 Å². The van der Waals surface area contributed by atoms with Crippen molar-refractivity contribution in [1.29, 1.82) is 0 Å². The number of hydrogen-bond donors (Lipinski definition) is 1. The monoisotopic (exact) mass is 424 g/mol. The third-order valence-electron chi connectivity index (χ3n) is 5.54. The van der Waals surface area contributed by atoms with E-state index in [1.807, 2.05) is 13.8 Å². The zero-order chi connectivity index (χ0) is 22.5. The number of amides is 1. The van der Waals surface area contributed by atoms with Gasteiger partial charge in [0.2, 0.25) is 5.91 Å². The second kappa shape index (κ2) is 11.2. The Bertz CT molecular complexity index is 687. The number of hydrogen-bond acceptors (Lipinski definition) is 3. The lowest BCUT2D eigenvalue weighted by Crippen LogP contribution is -2.44. The maximum atomic E-state index is 13.6. The molecule has 0 aliphatic carbocycles. The Kier molecular flexibility index (Phi) is 9.99. The standard InChI is InChI=1S/C23H40N2O3S/c1-11-21(17(8)23(26)25(9)28-10)24-29(27)22-19(15(4)5)12-18(14(2)3)13-20(22)16(6)7/h12-17,21,24H,11H2,1-10H3/t17-,21-,29-/m0/s1. The Hall–Kier alpha value is -1.24. The van der Waals surface area contributed by atoms with Gasteiger partial charge in [0, 0.05) is 13.1 Å². The molecule has 6 heteroatoms. The molecule has 0 aromatic heterocycles. The second-order valence-corrected chi connectivity index (χ2v) is 9.88. The number of benzene rings is 1. The van der Waals surface area contributed by atoms with E-state index in [4.69, 9.17) is 4.84 Å². The second-order valence-electron chi connectivity index (χ2n) is 8.70. The summed E-state index contributed by atoms with van der Waals surface area (Å²) in [7, 11) is 1.65. The maximum Gasteiger partial charge on any atom is 0.250 e. The van der Waals surface area contributed by atoms with Crippen molar-refractivity contribution in [3.05, 3.63) is 28.8 Å². The summed E-state index contributed by atoms with van der Waals surface area (Å²) in [5.41, 5.74) is 3.51. The predicted molar refractivity (Wildman–Crippen MR) is 121 cm³/mol. The minimum absolute atomic E-state index is 0.132. The van der Waals surface area contributed by atoms with Gasteiger partial charge in [0.25, 0.3) is 0 Å². The van der Waals surface area contributed by atoms with E-state index in [0.29, 0.717) is 12.3 Å². The van der Waals surface area contributed by atoms with Crippen LogP contribution in [0.5, 0.6) is 0 Å². The molecule has 0 bridgehead atoms. The van der Waals surface area contributed by atoms with Gasteiger partial charge >= 0.3 is 0 Å². The average molecular weight is 425 g/mol. The van der Waals surface area contributed by atoms with E-state index in [2.05, 4.69) is 58.4 Å². The normalized spacial score (nSPS) is 15.1. The van der Waals surface area contributed by atoms with Gasteiger partial charge in [0.05, 0.1) is 17.9 Å². The molecule has 3 atom stereocenters. The Labute approximate surface area is 180 Å². The van der Waals surface area contributed by atoms with Gasteiger partial charge in [-0.3, -0.25) is 9.63 Å². The molecule has 0 spiro atoms. The van der Waals surface area contributed by atoms with Gasteiger partial charge in [-0.15, -0.1) is 0 Å². The zero-order valence-corrected chi connectivity index (χ0v) is 20.6. The molecule has 0 fully saturated rings. The molecule has 1 amide bonds. The first-order valence-corrected chi connectivity index (χ1v) is 11.8. The summed E-state index contributed by atoms with van der Waals surface area (Å²) in [6.45, 7) is 16.8. The summed E-state index contributed by atoms with van der Waals surface area (Å²) in [4.78, 5) is 18.4. The van der Waals surface area contributed by atoms with E-state index in [9.17, 15) is 9.00 Å². The van der Waals surface area contributed by atoms with Gasteiger partial charge in [0.15, 0.2) is 0 Å². The van der Waals surface area contributed by atoms with Crippen LogP contribution in [0.1, 0.15) is 96.3 Å². The Balaban J connectivity index is 3.37. The molecule has 166 valence electrons. The molecule has 0 saturated carbocycles. The minimum atomic E-state index is -1.41. The summed E-state index contributed by atoms with van der Waals surface area (Å²) in [5, 5.41) is 1.23. The molecule has 0 radical (unpaired) electrons. The lowest BCUT2D eigenvalue weighted by molar-refractivity contribution is -0.173. The Morgan fingerprint density at radius 3 is 1.86 bits per heavy atom. The molecular formula is C23H40N2O3S. The fourth-order valence-electron chi connectivity index (χ4n) is 3.39. The smallest absolute Gasteiger partial charge is 0.250 e. The van der Waals surface area contributed by atoms with Crippen molar-refractivity contribution in [2.75, 3.05) is 14.2 Å². The van der Waals surface area contributed by atoms with Gasteiger partial charge in [-0.2, -0.15) is 0 Å². The van der Waals surface area contributed by atoms with Crippen LogP contribution in [0.15, 0.2) is 17.0 Å². The van der Waals surface area contributed by atoms with Crippen molar-refractivity contribution in [2.24, 2.45) is 5.92 Å². The van der Waals surface area contributed by atoms with Gasteiger partial charge < -0.3 is 0 Å². The topological polar surface area (TPSA) is 58.6 Å². The van der Waals surface area contributed by atoms with E-state index in [0.717, 1.165) is 16.0 Å². The average Bonchev–Trinajstić information content (AvgIpc) is 2.68. The van der Waals surface area contributed by atoms with Crippen molar-refractivity contribution in [3.8, 4) is 0 Å². The van der Waals surface area contributed by atoms with E-state index in [1.165, 1.54) is 17.7 Å². The highest BCUT2D eigenvalue weighted by molar-refractivity contribution is 7.83. The minimum Gasteiger partial charge on any atom is -0.275 e. The summed E-state index contributed by atoms with van der Waals surface area (Å²) >= 11 is 0. The molecule has 29 heavy (non-hydrogen) atoms. The van der Waals surface area contributed by atoms with Crippen LogP contribution in [0.2, 0.25) is 0 Å². The van der Waals surface area contributed by atoms with Crippen LogP contribution in [0.4, 0.5) is 0 Å². The molecule has 0 heterocycles. The van der Waals surface area contributed by atoms with Crippen molar-refractivity contribution < 1.29 is 13.8 Å². The van der Waals surface area contributed by atoms with E-state index in [-0.39, 0.29) is 29.7 Å². The molecule has 0 unspecified atom stereocenters. The summed E-state index contributed by atoms with van der Waals surface area (Å²) < 4.78 is 16.8. The first-order chi connectivity index (χ1) is 13.5. The lowest BCUT2D eigenvalue weighted by atomic mass is 9.89. The Morgan fingerprint density at radius 2 is 1.52 bits per heavy atom. The van der Waals surface area contributed by atoms with Crippen molar-refractivity contribution in [2.45, 2.75) is 90.5 Å². The maximum absolute atomic E-state index is 13.6. The lowest BCUT2D eigenvalue weighted by Gasteiger charge is -2.28. The molecule has 0 saturated heterocycles. The first kappa shape index (κ1) is 25.8. The molecule has 1 rings (SSSR count). The van der Waals surface area contributed by atoms with Crippen molar-refractivity contribution >= 4 is 16.9 Å². The molecule has 1 aromatic rings. The number of rotatable bonds is 10. The predicted octanol–water partition coefficient (Wildman–Crippen LogP) is 5.10. The summed E-state index contributed by atoms with van der Waals surface area (Å²) in [6, 6.07) is 4.18. The van der Waals surface area contributed by atoms with Crippen LogP contribution in [-0.2, 0) is 20.6 Å². The third kappa shape index (κ3) is 6.37. The summed E-state index contributed by atoms with van der Waals surface area (Å²) in [5.74, 6) is 0.434. The van der Waals surface area contributed by atoms with Crippen LogP contribution < -0.4 is 4.72 Å². The van der Waals surface area contributed by atoms with Crippen LogP contribution in [0.3, 0.4) is 0 Å². The third-order valence-corrected chi connectivity index (χ3v) is 6.90.